The number of anilines is 1. The number of carbonyl (C=O) groups is 1. The molecule has 98 valence electrons. The normalized spacial score (nSPS) is 10.2. The van der Waals surface area contributed by atoms with Crippen LogP contribution in [0.3, 0.4) is 0 Å². The van der Waals surface area contributed by atoms with Gasteiger partial charge in [0.05, 0.1) is 29.7 Å². The maximum absolute atomic E-state index is 11.1. The first-order valence-electron chi connectivity index (χ1n) is 5.91. The first-order valence-corrected chi connectivity index (χ1v) is 5.91. The summed E-state index contributed by atoms with van der Waals surface area (Å²) in [5, 5.41) is 12.2. The third-order valence-corrected chi connectivity index (χ3v) is 2.70. The minimum Gasteiger partial charge on any atom is -0.478 e. The van der Waals surface area contributed by atoms with Crippen LogP contribution < -0.4 is 5.32 Å². The number of aromatic nitrogens is 2. The van der Waals surface area contributed by atoms with Gasteiger partial charge in [-0.2, -0.15) is 0 Å². The Morgan fingerprint density at radius 2 is 2.05 bits per heavy atom. The number of aryl methyl sites for hydroxylation is 2. The van der Waals surface area contributed by atoms with Gasteiger partial charge in [-0.05, 0) is 31.5 Å². The van der Waals surface area contributed by atoms with Gasteiger partial charge in [0, 0.05) is 11.9 Å². The highest BCUT2D eigenvalue weighted by atomic mass is 16.4. The summed E-state index contributed by atoms with van der Waals surface area (Å²) in [4.78, 5) is 19.5. The molecular formula is C14H15N3O2. The fourth-order valence-corrected chi connectivity index (χ4v) is 1.69. The van der Waals surface area contributed by atoms with Gasteiger partial charge in [0.2, 0.25) is 0 Å². The lowest BCUT2D eigenvalue weighted by Crippen LogP contribution is -2.08. The Morgan fingerprint density at radius 1 is 1.26 bits per heavy atom. The van der Waals surface area contributed by atoms with Gasteiger partial charge in [-0.25, -0.2) is 4.79 Å². The Balaban J connectivity index is 2.16. The van der Waals surface area contributed by atoms with Crippen LogP contribution in [0.15, 0.2) is 30.6 Å². The van der Waals surface area contributed by atoms with Gasteiger partial charge in [0.1, 0.15) is 0 Å². The van der Waals surface area contributed by atoms with Crippen molar-refractivity contribution < 1.29 is 9.90 Å². The number of hydrogen-bond acceptors (Lipinski definition) is 4. The molecule has 0 saturated heterocycles. The Hall–Kier alpha value is -2.43. The lowest BCUT2D eigenvalue weighted by molar-refractivity contribution is 0.0698. The van der Waals surface area contributed by atoms with Crippen LogP contribution >= 0.6 is 0 Å². The summed E-state index contributed by atoms with van der Waals surface area (Å²) < 4.78 is 0. The first-order chi connectivity index (χ1) is 9.06. The first kappa shape index (κ1) is 13.0. The Labute approximate surface area is 111 Å². The van der Waals surface area contributed by atoms with Gasteiger partial charge in [-0.1, -0.05) is 6.07 Å². The SMILES string of the molecule is Cc1ccc(C(=O)O)c(NCc2cnc(C)cn2)c1. The molecule has 0 saturated carbocycles. The van der Waals surface area contributed by atoms with E-state index in [1.165, 1.54) is 0 Å². The monoisotopic (exact) mass is 257 g/mol. The summed E-state index contributed by atoms with van der Waals surface area (Å²) in [5.74, 6) is -0.947. The second-order valence-electron chi connectivity index (χ2n) is 4.36. The predicted octanol–water partition coefficient (Wildman–Crippen LogP) is 2.40. The molecule has 0 aliphatic carbocycles. The van der Waals surface area contributed by atoms with Crippen molar-refractivity contribution in [2.24, 2.45) is 0 Å². The fraction of sp³-hybridized carbons (Fsp3) is 0.214. The molecule has 1 heterocycles. The van der Waals surface area contributed by atoms with E-state index in [0.29, 0.717) is 12.2 Å². The smallest absolute Gasteiger partial charge is 0.337 e. The van der Waals surface area contributed by atoms with E-state index in [0.717, 1.165) is 17.0 Å². The minimum absolute atomic E-state index is 0.255. The average molecular weight is 257 g/mol. The van der Waals surface area contributed by atoms with E-state index in [4.69, 9.17) is 5.11 Å². The van der Waals surface area contributed by atoms with Gasteiger partial charge in [0.25, 0.3) is 0 Å². The molecule has 2 rings (SSSR count). The maximum Gasteiger partial charge on any atom is 0.337 e. The molecule has 0 aliphatic heterocycles. The van der Waals surface area contributed by atoms with Crippen molar-refractivity contribution in [2.45, 2.75) is 20.4 Å². The highest BCUT2D eigenvalue weighted by Crippen LogP contribution is 2.18. The Morgan fingerprint density at radius 3 is 2.68 bits per heavy atom. The summed E-state index contributed by atoms with van der Waals surface area (Å²) in [5.41, 5.74) is 3.47. The van der Waals surface area contributed by atoms with Gasteiger partial charge < -0.3 is 10.4 Å². The van der Waals surface area contributed by atoms with Crippen LogP contribution in [0.25, 0.3) is 0 Å². The summed E-state index contributed by atoms with van der Waals surface area (Å²) in [6.45, 7) is 4.23. The molecule has 0 radical (unpaired) electrons. The van der Waals surface area contributed by atoms with E-state index in [1.807, 2.05) is 19.9 Å². The molecule has 5 nitrogen and oxygen atoms in total. The molecule has 0 fully saturated rings. The molecule has 5 heteroatoms. The number of hydrogen-bond donors (Lipinski definition) is 2. The summed E-state index contributed by atoms with van der Waals surface area (Å²) in [7, 11) is 0. The Kier molecular flexibility index (Phi) is 3.75. The quantitative estimate of drug-likeness (QED) is 0.879. The van der Waals surface area contributed by atoms with Gasteiger partial charge >= 0.3 is 5.97 Å². The molecule has 1 aromatic heterocycles. The molecule has 0 amide bonds. The number of nitrogens with one attached hydrogen (secondary N) is 1. The van der Waals surface area contributed by atoms with Crippen molar-refractivity contribution in [2.75, 3.05) is 5.32 Å². The van der Waals surface area contributed by atoms with E-state index in [-0.39, 0.29) is 5.56 Å². The number of carboxylic acid groups (broad SMARTS) is 1. The van der Waals surface area contributed by atoms with E-state index >= 15 is 0 Å². The minimum atomic E-state index is -0.947. The topological polar surface area (TPSA) is 75.1 Å². The zero-order valence-electron chi connectivity index (χ0n) is 10.8. The molecular weight excluding hydrogens is 242 g/mol. The van der Waals surface area contributed by atoms with Crippen LogP contribution in [0.4, 0.5) is 5.69 Å². The predicted molar refractivity (Wildman–Crippen MR) is 72.2 cm³/mol. The summed E-state index contributed by atoms with van der Waals surface area (Å²) in [6, 6.07) is 5.19. The van der Waals surface area contributed by atoms with Crippen molar-refractivity contribution in [3.8, 4) is 0 Å². The van der Waals surface area contributed by atoms with Crippen LogP contribution in [0.2, 0.25) is 0 Å². The molecule has 0 unspecified atom stereocenters. The molecule has 2 N–H and O–H groups in total. The third-order valence-electron chi connectivity index (χ3n) is 2.70. The maximum atomic E-state index is 11.1. The van der Waals surface area contributed by atoms with Crippen LogP contribution in [-0.2, 0) is 6.54 Å². The molecule has 2 aromatic rings. The number of aromatic carboxylic acids is 1. The fourth-order valence-electron chi connectivity index (χ4n) is 1.69. The standard InChI is InChI=1S/C14H15N3O2/c1-9-3-4-12(14(18)19)13(5-9)17-8-11-7-15-10(2)6-16-11/h3-7,17H,8H2,1-2H3,(H,18,19). The molecule has 0 aliphatic rings. The second kappa shape index (κ2) is 5.48. The average Bonchev–Trinajstić information content (AvgIpc) is 2.38. The summed E-state index contributed by atoms with van der Waals surface area (Å²) >= 11 is 0. The molecule has 0 atom stereocenters. The van der Waals surface area contributed by atoms with Crippen LogP contribution in [-0.4, -0.2) is 21.0 Å². The van der Waals surface area contributed by atoms with Crippen LogP contribution in [0.1, 0.15) is 27.3 Å². The second-order valence-corrected chi connectivity index (χ2v) is 4.36. The lowest BCUT2D eigenvalue weighted by Gasteiger charge is -2.10. The number of nitrogens with zero attached hydrogens (tertiary/aromatic N) is 2. The number of carboxylic acids is 1. The van der Waals surface area contributed by atoms with Crippen molar-refractivity contribution in [1.82, 2.24) is 9.97 Å². The van der Waals surface area contributed by atoms with E-state index in [9.17, 15) is 4.79 Å². The van der Waals surface area contributed by atoms with E-state index in [2.05, 4.69) is 15.3 Å². The zero-order valence-corrected chi connectivity index (χ0v) is 10.8. The molecule has 1 aromatic carbocycles. The molecule has 19 heavy (non-hydrogen) atoms. The van der Waals surface area contributed by atoms with Crippen molar-refractivity contribution in [3.63, 3.8) is 0 Å². The highest BCUT2D eigenvalue weighted by molar-refractivity contribution is 5.94. The van der Waals surface area contributed by atoms with Gasteiger partial charge in [0.15, 0.2) is 0 Å². The van der Waals surface area contributed by atoms with Crippen LogP contribution in [0.5, 0.6) is 0 Å². The van der Waals surface area contributed by atoms with Gasteiger partial charge in [-0.15, -0.1) is 0 Å². The van der Waals surface area contributed by atoms with Crippen LogP contribution in [0, 0.1) is 13.8 Å². The largest absolute Gasteiger partial charge is 0.478 e. The molecule has 0 spiro atoms. The van der Waals surface area contributed by atoms with Crippen molar-refractivity contribution in [3.05, 3.63) is 53.1 Å². The number of benzene rings is 1. The number of rotatable bonds is 4. The lowest BCUT2D eigenvalue weighted by atomic mass is 10.1. The molecule has 0 bridgehead atoms. The van der Waals surface area contributed by atoms with E-state index in [1.54, 1.807) is 24.5 Å². The zero-order chi connectivity index (χ0) is 13.8. The van der Waals surface area contributed by atoms with Crippen molar-refractivity contribution >= 4 is 11.7 Å². The van der Waals surface area contributed by atoms with E-state index < -0.39 is 5.97 Å². The Bertz CT molecular complexity index is 594. The van der Waals surface area contributed by atoms with Gasteiger partial charge in [-0.3, -0.25) is 9.97 Å². The summed E-state index contributed by atoms with van der Waals surface area (Å²) in [6.07, 6.45) is 3.37. The van der Waals surface area contributed by atoms with Crippen molar-refractivity contribution in [1.29, 1.82) is 0 Å². The highest BCUT2D eigenvalue weighted by Gasteiger charge is 2.09. The third kappa shape index (κ3) is 3.28.